The summed E-state index contributed by atoms with van der Waals surface area (Å²) in [6, 6.07) is 16.7. The van der Waals surface area contributed by atoms with E-state index in [-0.39, 0.29) is 11.3 Å². The summed E-state index contributed by atoms with van der Waals surface area (Å²) >= 11 is 0. The predicted molar refractivity (Wildman–Crippen MR) is 126 cm³/mol. The number of amides is 1. The SMILES string of the molecule is C[C@@H]1CCCCN1c1ccc(NC(=O)C(C)(C)Oc2ccc(C(C)(C)C)cc2)cc1. The normalized spacial score (nSPS) is 17.5. The van der Waals surface area contributed by atoms with Crippen LogP contribution >= 0.6 is 0 Å². The molecule has 3 rings (SSSR count). The summed E-state index contributed by atoms with van der Waals surface area (Å²) in [7, 11) is 0. The lowest BCUT2D eigenvalue weighted by atomic mass is 9.87. The minimum atomic E-state index is -0.983. The molecule has 0 aromatic heterocycles. The Morgan fingerprint density at radius 2 is 1.60 bits per heavy atom. The summed E-state index contributed by atoms with van der Waals surface area (Å²) in [6.45, 7) is 13.5. The quantitative estimate of drug-likeness (QED) is 0.644. The third kappa shape index (κ3) is 5.35. The molecule has 2 aromatic carbocycles. The molecule has 0 aliphatic carbocycles. The van der Waals surface area contributed by atoms with Gasteiger partial charge in [0.2, 0.25) is 0 Å². The lowest BCUT2D eigenvalue weighted by Gasteiger charge is -2.35. The fourth-order valence-electron chi connectivity index (χ4n) is 3.86. The van der Waals surface area contributed by atoms with Crippen molar-refractivity contribution in [3.05, 3.63) is 54.1 Å². The highest BCUT2D eigenvalue weighted by atomic mass is 16.5. The van der Waals surface area contributed by atoms with E-state index < -0.39 is 5.60 Å². The van der Waals surface area contributed by atoms with E-state index in [4.69, 9.17) is 4.74 Å². The van der Waals surface area contributed by atoms with E-state index in [9.17, 15) is 4.79 Å². The molecule has 1 aliphatic heterocycles. The van der Waals surface area contributed by atoms with Gasteiger partial charge >= 0.3 is 0 Å². The first-order valence-electron chi connectivity index (χ1n) is 11.0. The highest BCUT2D eigenvalue weighted by molar-refractivity contribution is 5.97. The van der Waals surface area contributed by atoms with Gasteiger partial charge in [-0.2, -0.15) is 0 Å². The lowest BCUT2D eigenvalue weighted by Crippen LogP contribution is -2.42. The smallest absolute Gasteiger partial charge is 0.267 e. The van der Waals surface area contributed by atoms with Crippen LogP contribution in [0.2, 0.25) is 0 Å². The highest BCUT2D eigenvalue weighted by Crippen LogP contribution is 2.28. The second-order valence-electron chi connectivity index (χ2n) is 9.93. The Morgan fingerprint density at radius 1 is 0.967 bits per heavy atom. The first kappa shape index (κ1) is 22.2. The third-order valence-corrected chi connectivity index (χ3v) is 5.90. The summed E-state index contributed by atoms with van der Waals surface area (Å²) in [5.74, 6) is 0.527. The standard InChI is InChI=1S/C26H36N2O2/c1-19-9-7-8-18-28(19)22-14-12-21(13-15-22)27-24(29)26(5,6)30-23-16-10-20(11-17-23)25(2,3)4/h10-17,19H,7-9,18H2,1-6H3,(H,27,29)/t19-/m1/s1. The fraction of sp³-hybridized carbons (Fsp3) is 0.500. The molecule has 1 atom stereocenters. The van der Waals surface area contributed by atoms with E-state index in [1.54, 1.807) is 13.8 Å². The molecule has 30 heavy (non-hydrogen) atoms. The van der Waals surface area contributed by atoms with Gasteiger partial charge in [0.05, 0.1) is 0 Å². The molecule has 1 aliphatic rings. The van der Waals surface area contributed by atoms with Gasteiger partial charge in [-0.3, -0.25) is 4.79 Å². The molecule has 1 N–H and O–H groups in total. The van der Waals surface area contributed by atoms with Crippen LogP contribution in [0.3, 0.4) is 0 Å². The van der Waals surface area contributed by atoms with Crippen LogP contribution in [-0.2, 0) is 10.2 Å². The van der Waals surface area contributed by atoms with Gasteiger partial charge in [0.1, 0.15) is 5.75 Å². The number of carbonyl (C=O) groups is 1. The number of ether oxygens (including phenoxy) is 1. The summed E-state index contributed by atoms with van der Waals surface area (Å²) in [4.78, 5) is 15.3. The van der Waals surface area contributed by atoms with Crippen LogP contribution in [0.1, 0.15) is 66.4 Å². The van der Waals surface area contributed by atoms with Crippen molar-refractivity contribution in [3.63, 3.8) is 0 Å². The monoisotopic (exact) mass is 408 g/mol. The van der Waals surface area contributed by atoms with E-state index in [1.807, 2.05) is 24.3 Å². The Kier molecular flexibility index (Phi) is 6.44. The van der Waals surface area contributed by atoms with Crippen LogP contribution in [0.15, 0.2) is 48.5 Å². The van der Waals surface area contributed by atoms with Gasteiger partial charge in [-0.15, -0.1) is 0 Å². The maximum absolute atomic E-state index is 12.9. The number of hydrogen-bond acceptors (Lipinski definition) is 3. The van der Waals surface area contributed by atoms with E-state index in [0.29, 0.717) is 11.8 Å². The average molecular weight is 409 g/mol. The first-order chi connectivity index (χ1) is 14.1. The molecule has 0 spiro atoms. The van der Waals surface area contributed by atoms with Crippen molar-refractivity contribution >= 4 is 17.3 Å². The molecule has 0 saturated carbocycles. The predicted octanol–water partition coefficient (Wildman–Crippen LogP) is 6.16. The molecule has 1 heterocycles. The van der Waals surface area contributed by atoms with Crippen LogP contribution < -0.4 is 15.0 Å². The van der Waals surface area contributed by atoms with Crippen LogP contribution in [0.5, 0.6) is 5.75 Å². The number of nitrogens with zero attached hydrogens (tertiary/aromatic N) is 1. The number of piperidine rings is 1. The Morgan fingerprint density at radius 3 is 2.17 bits per heavy atom. The summed E-state index contributed by atoms with van der Waals surface area (Å²) < 4.78 is 6.02. The zero-order chi connectivity index (χ0) is 21.9. The molecule has 162 valence electrons. The van der Waals surface area contributed by atoms with Crippen LogP contribution in [0.25, 0.3) is 0 Å². The van der Waals surface area contributed by atoms with Crippen LogP contribution in [0, 0.1) is 0 Å². The van der Waals surface area contributed by atoms with Crippen molar-refractivity contribution in [1.29, 1.82) is 0 Å². The first-order valence-corrected chi connectivity index (χ1v) is 11.0. The number of rotatable bonds is 5. The molecule has 4 nitrogen and oxygen atoms in total. The molecular formula is C26H36N2O2. The maximum Gasteiger partial charge on any atom is 0.267 e. The van der Waals surface area contributed by atoms with Crippen molar-refractivity contribution in [2.75, 3.05) is 16.8 Å². The van der Waals surface area contributed by atoms with Gasteiger partial charge in [-0.1, -0.05) is 32.9 Å². The van der Waals surface area contributed by atoms with Gasteiger partial charge in [-0.05, 0) is 87.4 Å². The molecule has 1 amide bonds. The van der Waals surface area contributed by atoms with Gasteiger partial charge in [0.15, 0.2) is 5.60 Å². The minimum Gasteiger partial charge on any atom is -0.478 e. The molecule has 2 aromatic rings. The van der Waals surface area contributed by atoms with Crippen LogP contribution in [0.4, 0.5) is 11.4 Å². The average Bonchev–Trinajstić information content (AvgIpc) is 2.68. The van der Waals surface area contributed by atoms with Crippen molar-refractivity contribution in [1.82, 2.24) is 0 Å². The summed E-state index contributed by atoms with van der Waals surface area (Å²) in [5, 5.41) is 3.00. The second kappa shape index (κ2) is 8.71. The molecule has 0 radical (unpaired) electrons. The molecule has 1 fully saturated rings. The zero-order valence-electron chi connectivity index (χ0n) is 19.3. The van der Waals surface area contributed by atoms with Gasteiger partial charge in [-0.25, -0.2) is 0 Å². The molecule has 1 saturated heterocycles. The fourth-order valence-corrected chi connectivity index (χ4v) is 3.86. The second-order valence-corrected chi connectivity index (χ2v) is 9.93. The number of hydrogen-bond donors (Lipinski definition) is 1. The van der Waals surface area contributed by atoms with Gasteiger partial charge in [0.25, 0.3) is 5.91 Å². The van der Waals surface area contributed by atoms with Crippen molar-refractivity contribution in [2.24, 2.45) is 0 Å². The molecular weight excluding hydrogens is 372 g/mol. The van der Waals surface area contributed by atoms with E-state index >= 15 is 0 Å². The van der Waals surface area contributed by atoms with E-state index in [1.165, 1.54) is 30.5 Å². The lowest BCUT2D eigenvalue weighted by molar-refractivity contribution is -0.128. The van der Waals surface area contributed by atoms with Crippen LogP contribution in [-0.4, -0.2) is 24.1 Å². The molecule has 4 heteroatoms. The Labute approximate surface area is 181 Å². The Balaban J connectivity index is 1.62. The Bertz CT molecular complexity index is 848. The van der Waals surface area contributed by atoms with Gasteiger partial charge < -0.3 is 15.0 Å². The van der Waals surface area contributed by atoms with E-state index in [0.717, 1.165) is 12.2 Å². The minimum absolute atomic E-state index is 0.0869. The largest absolute Gasteiger partial charge is 0.478 e. The maximum atomic E-state index is 12.9. The number of nitrogens with one attached hydrogen (secondary N) is 1. The number of anilines is 2. The van der Waals surface area contributed by atoms with Crippen molar-refractivity contribution < 1.29 is 9.53 Å². The highest BCUT2D eigenvalue weighted by Gasteiger charge is 2.30. The van der Waals surface area contributed by atoms with E-state index in [2.05, 4.69) is 62.2 Å². The Hall–Kier alpha value is -2.49. The topological polar surface area (TPSA) is 41.6 Å². The molecule has 0 unspecified atom stereocenters. The summed E-state index contributed by atoms with van der Waals surface area (Å²) in [6.07, 6.45) is 3.78. The van der Waals surface area contributed by atoms with Crippen molar-refractivity contribution in [3.8, 4) is 5.75 Å². The summed E-state index contributed by atoms with van der Waals surface area (Å²) in [5.41, 5.74) is 2.34. The third-order valence-electron chi connectivity index (χ3n) is 5.90. The zero-order valence-corrected chi connectivity index (χ0v) is 19.3. The van der Waals surface area contributed by atoms with Crippen molar-refractivity contribution in [2.45, 2.75) is 77.9 Å². The number of benzene rings is 2. The molecule has 0 bridgehead atoms. The van der Waals surface area contributed by atoms with Gasteiger partial charge in [0, 0.05) is 24.0 Å². The number of carbonyl (C=O) groups excluding carboxylic acids is 1.